The van der Waals surface area contributed by atoms with Gasteiger partial charge in [0, 0.05) is 58.5 Å². The summed E-state index contributed by atoms with van der Waals surface area (Å²) in [5.74, 6) is -6.89. The standard InChI is InChI=1S/C52H81NO14/c1-32-17-13-11-10-12-14-18-33(2)46(57)48(63-8)47(58)36(5)27-34(3)42(56)31-44(35(4)28-38-21-23-43(65-26-25-54)45(29-38)62-7)66-51(61)40-19-15-16-24-53(40)50(60)49(59)52(64-9)37(6)20-22-39(67-52)30-41(32)55/h10-13,17,27,33-35,37-41,43-45,47-48,54-55,58H,14-16,18-26,28-31H2,1-9H3/b12-10+,13-11+,32-17+,36-27+/t33-,34-,35-,37-,38+,39+,40+,41+,43-,44+,45-,47-,48+,52-/m1/s1. The molecule has 15 heteroatoms. The quantitative estimate of drug-likeness (QED) is 0.139. The van der Waals surface area contributed by atoms with Crippen molar-refractivity contribution >= 4 is 29.2 Å². The van der Waals surface area contributed by atoms with Crippen molar-refractivity contribution in [3.8, 4) is 0 Å². The highest BCUT2D eigenvalue weighted by molar-refractivity contribution is 6.39. The first-order valence-electron chi connectivity index (χ1n) is 24.6. The van der Waals surface area contributed by atoms with Crippen LogP contribution in [-0.2, 0) is 52.4 Å². The molecule has 4 aliphatic rings. The first kappa shape index (κ1) is 56.2. The van der Waals surface area contributed by atoms with Gasteiger partial charge in [0.15, 0.2) is 5.78 Å². The van der Waals surface area contributed by atoms with Crippen LogP contribution in [0.4, 0.5) is 0 Å². The molecule has 3 fully saturated rings. The van der Waals surface area contributed by atoms with Crippen LogP contribution in [0.1, 0.15) is 125 Å². The van der Waals surface area contributed by atoms with Crippen molar-refractivity contribution in [1.29, 1.82) is 0 Å². The Morgan fingerprint density at radius 2 is 1.61 bits per heavy atom. The molecular formula is C52H81NO14. The molecule has 0 spiro atoms. The summed E-state index contributed by atoms with van der Waals surface area (Å²) in [4.78, 5) is 72.4. The van der Waals surface area contributed by atoms with Crippen molar-refractivity contribution in [2.75, 3.05) is 41.1 Å². The van der Waals surface area contributed by atoms with Crippen LogP contribution in [-0.4, -0.2) is 145 Å². The Bertz CT molecular complexity index is 1770. The van der Waals surface area contributed by atoms with Crippen molar-refractivity contribution in [1.82, 2.24) is 4.90 Å². The maximum absolute atomic E-state index is 14.5. The summed E-state index contributed by atoms with van der Waals surface area (Å²) < 4.78 is 35.8. The number of cyclic esters (lactones) is 1. The molecule has 3 N–H and O–H groups in total. The minimum absolute atomic E-state index is 0.0946. The molecule has 0 unspecified atom stereocenters. The number of carbonyl (C=O) groups is 5. The molecule has 14 atom stereocenters. The number of allylic oxidation sites excluding steroid dienone is 6. The summed E-state index contributed by atoms with van der Waals surface area (Å²) in [6.45, 7) is 10.9. The smallest absolute Gasteiger partial charge is 0.329 e. The Hall–Kier alpha value is -3.41. The van der Waals surface area contributed by atoms with Crippen LogP contribution >= 0.6 is 0 Å². The van der Waals surface area contributed by atoms with E-state index in [0.717, 1.165) is 6.42 Å². The van der Waals surface area contributed by atoms with E-state index in [-0.39, 0.29) is 74.6 Å². The maximum Gasteiger partial charge on any atom is 0.329 e. The second-order valence-corrected chi connectivity index (χ2v) is 19.5. The zero-order chi connectivity index (χ0) is 49.4. The summed E-state index contributed by atoms with van der Waals surface area (Å²) >= 11 is 0. The number of methoxy groups -OCH3 is 3. The van der Waals surface area contributed by atoms with Gasteiger partial charge in [-0.3, -0.25) is 19.2 Å². The second-order valence-electron chi connectivity index (χ2n) is 19.5. The Morgan fingerprint density at radius 1 is 0.866 bits per heavy atom. The third-order valence-corrected chi connectivity index (χ3v) is 14.6. The summed E-state index contributed by atoms with van der Waals surface area (Å²) in [5.41, 5.74) is 1.06. The predicted octanol–water partition coefficient (Wildman–Crippen LogP) is 5.95. The fourth-order valence-electron chi connectivity index (χ4n) is 10.2. The summed E-state index contributed by atoms with van der Waals surface area (Å²) in [6, 6.07) is -1.11. The Balaban J connectivity index is 1.69. The molecule has 1 saturated carbocycles. The van der Waals surface area contributed by atoms with Gasteiger partial charge in [-0.25, -0.2) is 4.79 Å². The van der Waals surface area contributed by atoms with Gasteiger partial charge >= 0.3 is 5.97 Å². The second kappa shape index (κ2) is 27.1. The summed E-state index contributed by atoms with van der Waals surface area (Å²) in [7, 11) is 4.33. The van der Waals surface area contributed by atoms with E-state index in [1.807, 2.05) is 25.2 Å². The van der Waals surface area contributed by atoms with E-state index in [4.69, 9.17) is 28.4 Å². The number of aliphatic hydroxyl groups excluding tert-OH is 3. The van der Waals surface area contributed by atoms with Gasteiger partial charge in [-0.2, -0.15) is 0 Å². The minimum Gasteiger partial charge on any atom is -0.460 e. The average molecular weight is 944 g/mol. The van der Waals surface area contributed by atoms with Crippen LogP contribution in [0, 0.1) is 29.6 Å². The van der Waals surface area contributed by atoms with Crippen molar-refractivity contribution in [3.05, 3.63) is 47.6 Å². The van der Waals surface area contributed by atoms with Gasteiger partial charge < -0.3 is 48.6 Å². The van der Waals surface area contributed by atoms with Crippen molar-refractivity contribution in [2.45, 2.75) is 180 Å². The van der Waals surface area contributed by atoms with E-state index in [0.29, 0.717) is 68.9 Å². The molecular weight excluding hydrogens is 863 g/mol. The fraction of sp³-hybridized carbons (Fsp3) is 0.750. The van der Waals surface area contributed by atoms with Crippen LogP contribution in [0.3, 0.4) is 0 Å². The monoisotopic (exact) mass is 944 g/mol. The van der Waals surface area contributed by atoms with Crippen molar-refractivity contribution in [2.24, 2.45) is 29.6 Å². The van der Waals surface area contributed by atoms with E-state index < -0.39 is 77.8 Å². The summed E-state index contributed by atoms with van der Waals surface area (Å²) in [5, 5.41) is 31.9. The SMILES string of the molecule is CO[C@@H]1C[C@H](C[C@@H](C)[C@@H]2CC(=O)[C@H](C)/C=C(\C)[C@@H](O)[C@@H](OC)C(=O)[C@H](C)CC/C=C/C=C/C=C(\C)[C@@H](O)C[C@@H]3CC[C@@H](C)[C@@](OC)(O3)C(=O)C(=O)N3CCCC[C@H]3C(=O)O2)CC[C@H]1OCCO. The van der Waals surface area contributed by atoms with Crippen LogP contribution in [0.15, 0.2) is 47.6 Å². The number of amides is 1. The number of Topliss-reactive ketones (excluding diaryl/α,β-unsaturated/α-hetero) is 3. The Kier molecular flexibility index (Phi) is 22.7. The zero-order valence-corrected chi connectivity index (χ0v) is 41.6. The van der Waals surface area contributed by atoms with Crippen LogP contribution < -0.4 is 0 Å². The Labute approximate surface area is 398 Å². The third kappa shape index (κ3) is 15.0. The van der Waals surface area contributed by atoms with Gasteiger partial charge in [-0.1, -0.05) is 64.2 Å². The highest BCUT2D eigenvalue weighted by atomic mass is 16.7. The zero-order valence-electron chi connectivity index (χ0n) is 41.6. The molecule has 3 aliphatic heterocycles. The van der Waals surface area contributed by atoms with Crippen molar-refractivity contribution in [3.63, 3.8) is 0 Å². The lowest BCUT2D eigenvalue weighted by Gasteiger charge is -2.44. The minimum atomic E-state index is -1.94. The molecule has 378 valence electrons. The van der Waals surface area contributed by atoms with Gasteiger partial charge in [0.25, 0.3) is 11.7 Å². The molecule has 0 aromatic heterocycles. The molecule has 15 nitrogen and oxygen atoms in total. The number of hydrogen-bond acceptors (Lipinski definition) is 14. The first-order valence-corrected chi connectivity index (χ1v) is 24.6. The van der Waals surface area contributed by atoms with Gasteiger partial charge in [0.2, 0.25) is 5.79 Å². The van der Waals surface area contributed by atoms with Crippen LogP contribution in [0.2, 0.25) is 0 Å². The number of rotatable bonds is 9. The number of ketones is 3. The maximum atomic E-state index is 14.5. The van der Waals surface area contributed by atoms with E-state index in [1.165, 1.54) is 19.1 Å². The number of aliphatic hydroxyl groups is 3. The van der Waals surface area contributed by atoms with E-state index >= 15 is 0 Å². The number of piperidine rings is 1. The van der Waals surface area contributed by atoms with Gasteiger partial charge in [0.1, 0.15) is 30.1 Å². The molecule has 0 radical (unpaired) electrons. The van der Waals surface area contributed by atoms with Crippen LogP contribution in [0.5, 0.6) is 0 Å². The van der Waals surface area contributed by atoms with Crippen molar-refractivity contribution < 1.29 is 67.7 Å². The highest BCUT2D eigenvalue weighted by Gasteiger charge is 2.54. The number of fused-ring (bicyclic) bond motifs is 3. The largest absolute Gasteiger partial charge is 0.460 e. The first-order chi connectivity index (χ1) is 31.9. The molecule has 1 amide bonds. The number of carbonyl (C=O) groups excluding carboxylic acids is 5. The topological polar surface area (TPSA) is 205 Å². The number of ether oxygens (including phenoxy) is 6. The Morgan fingerprint density at radius 3 is 2.30 bits per heavy atom. The lowest BCUT2D eigenvalue weighted by atomic mass is 9.78. The van der Waals surface area contributed by atoms with Crippen LogP contribution in [0.25, 0.3) is 0 Å². The molecule has 0 aromatic rings. The highest BCUT2D eigenvalue weighted by Crippen LogP contribution is 2.39. The number of nitrogens with zero attached hydrogens (tertiary/aromatic N) is 1. The molecule has 67 heavy (non-hydrogen) atoms. The summed E-state index contributed by atoms with van der Waals surface area (Å²) in [6.07, 6.45) is 11.8. The lowest BCUT2D eigenvalue weighted by molar-refractivity contribution is -0.277. The molecule has 0 aromatic carbocycles. The third-order valence-electron chi connectivity index (χ3n) is 14.6. The lowest BCUT2D eigenvalue weighted by Crippen LogP contribution is -2.61. The predicted molar refractivity (Wildman–Crippen MR) is 251 cm³/mol. The number of esters is 1. The molecule has 3 heterocycles. The average Bonchev–Trinajstić information content (AvgIpc) is 3.32. The van der Waals surface area contributed by atoms with Gasteiger partial charge in [-0.15, -0.1) is 0 Å². The molecule has 2 saturated heterocycles. The van der Waals surface area contributed by atoms with E-state index in [9.17, 15) is 39.3 Å². The number of hydrogen-bond donors (Lipinski definition) is 3. The molecule has 4 rings (SSSR count). The molecule has 1 aliphatic carbocycles. The van der Waals surface area contributed by atoms with Gasteiger partial charge in [-0.05, 0) is 107 Å². The van der Waals surface area contributed by atoms with E-state index in [2.05, 4.69) is 0 Å². The normalized spacial score (nSPS) is 38.4. The molecule has 2 bridgehead atoms. The van der Waals surface area contributed by atoms with E-state index in [1.54, 1.807) is 60.0 Å². The fourth-order valence-corrected chi connectivity index (χ4v) is 10.2. The van der Waals surface area contributed by atoms with Gasteiger partial charge in [0.05, 0.1) is 37.6 Å².